The minimum absolute atomic E-state index is 0.122. The van der Waals surface area contributed by atoms with E-state index in [1.54, 1.807) is 0 Å². The van der Waals surface area contributed by atoms with E-state index in [-0.39, 0.29) is 5.97 Å². The molecular formula is C17H26O4. The van der Waals surface area contributed by atoms with E-state index in [4.69, 9.17) is 9.47 Å². The van der Waals surface area contributed by atoms with Crippen molar-refractivity contribution in [1.82, 2.24) is 0 Å². The molecule has 4 nitrogen and oxygen atoms in total. The predicted octanol–water partition coefficient (Wildman–Crippen LogP) is 3.63. The maximum absolute atomic E-state index is 11.1. The summed E-state index contributed by atoms with van der Waals surface area (Å²) in [5.74, 6) is 0.691. The van der Waals surface area contributed by atoms with E-state index in [0.29, 0.717) is 26.1 Å². The van der Waals surface area contributed by atoms with Gasteiger partial charge in [-0.15, -0.1) is 0 Å². The summed E-state index contributed by atoms with van der Waals surface area (Å²) < 4.78 is 10.5. The molecule has 0 aliphatic carbocycles. The Bertz CT molecular complexity index is 400. The van der Waals surface area contributed by atoms with Gasteiger partial charge in [-0.2, -0.15) is 0 Å². The van der Waals surface area contributed by atoms with Gasteiger partial charge in [0.1, 0.15) is 5.75 Å². The first kappa shape index (κ1) is 17.5. The first-order valence-corrected chi connectivity index (χ1v) is 7.73. The Balaban J connectivity index is 2.14. The van der Waals surface area contributed by atoms with Crippen LogP contribution in [0.15, 0.2) is 24.3 Å². The maximum Gasteiger partial charge on any atom is 0.305 e. The Morgan fingerprint density at radius 1 is 1.14 bits per heavy atom. The van der Waals surface area contributed by atoms with Crippen LogP contribution in [-0.2, 0) is 9.53 Å². The summed E-state index contributed by atoms with van der Waals surface area (Å²) in [5, 5.41) is 9.70. The number of esters is 1. The lowest BCUT2D eigenvalue weighted by Crippen LogP contribution is -2.04. The molecule has 1 rings (SSSR count). The van der Waals surface area contributed by atoms with Crippen LogP contribution in [0.25, 0.3) is 0 Å². The van der Waals surface area contributed by atoms with E-state index < -0.39 is 6.10 Å². The van der Waals surface area contributed by atoms with Crippen LogP contribution in [0.1, 0.15) is 57.6 Å². The number of aliphatic hydroxyl groups is 1. The first-order valence-electron chi connectivity index (χ1n) is 7.73. The predicted molar refractivity (Wildman–Crippen MR) is 82.3 cm³/mol. The molecule has 0 spiro atoms. The fraction of sp³-hybridized carbons (Fsp3) is 0.588. The topological polar surface area (TPSA) is 55.8 Å². The molecule has 118 valence electrons. The van der Waals surface area contributed by atoms with Gasteiger partial charge in [0.2, 0.25) is 0 Å². The molecule has 0 heterocycles. The summed E-state index contributed by atoms with van der Waals surface area (Å²) in [4.78, 5) is 11.1. The average Bonchev–Trinajstić information content (AvgIpc) is 2.51. The molecule has 1 aromatic carbocycles. The van der Waals surface area contributed by atoms with Crippen molar-refractivity contribution in [3.05, 3.63) is 29.8 Å². The van der Waals surface area contributed by atoms with Crippen molar-refractivity contribution in [3.63, 3.8) is 0 Å². The number of aliphatic hydroxyl groups excluding tert-OH is 1. The number of rotatable bonds is 10. The van der Waals surface area contributed by atoms with Crippen LogP contribution in [0.3, 0.4) is 0 Å². The van der Waals surface area contributed by atoms with Crippen molar-refractivity contribution < 1.29 is 19.4 Å². The minimum Gasteiger partial charge on any atom is -0.494 e. The second-order valence-electron chi connectivity index (χ2n) is 4.96. The summed E-state index contributed by atoms with van der Waals surface area (Å²) in [5.41, 5.74) is 0.916. The molecule has 0 saturated heterocycles. The smallest absolute Gasteiger partial charge is 0.305 e. The standard InChI is InChI=1S/C17H26O4/c1-3-16(18)14-9-11-15(12-10-14)21-13-7-5-6-8-17(19)20-4-2/h9-12,16,18H,3-8,13H2,1-2H3/t16-/m1/s1. The van der Waals surface area contributed by atoms with E-state index >= 15 is 0 Å². The van der Waals surface area contributed by atoms with Gasteiger partial charge >= 0.3 is 5.97 Å². The van der Waals surface area contributed by atoms with Crippen LogP contribution >= 0.6 is 0 Å². The van der Waals surface area contributed by atoms with Crippen LogP contribution in [0.2, 0.25) is 0 Å². The van der Waals surface area contributed by atoms with Crippen LogP contribution in [0, 0.1) is 0 Å². The van der Waals surface area contributed by atoms with Gasteiger partial charge in [-0.05, 0) is 50.3 Å². The lowest BCUT2D eigenvalue weighted by atomic mass is 10.1. The van der Waals surface area contributed by atoms with Crippen molar-refractivity contribution in [2.45, 2.75) is 52.1 Å². The highest BCUT2D eigenvalue weighted by molar-refractivity contribution is 5.69. The highest BCUT2D eigenvalue weighted by Gasteiger charge is 2.04. The number of benzene rings is 1. The number of hydrogen-bond acceptors (Lipinski definition) is 4. The first-order chi connectivity index (χ1) is 10.2. The van der Waals surface area contributed by atoms with E-state index in [9.17, 15) is 9.90 Å². The van der Waals surface area contributed by atoms with Gasteiger partial charge in [0.25, 0.3) is 0 Å². The average molecular weight is 294 g/mol. The highest BCUT2D eigenvalue weighted by atomic mass is 16.5. The van der Waals surface area contributed by atoms with Crippen molar-refractivity contribution in [1.29, 1.82) is 0 Å². The highest BCUT2D eigenvalue weighted by Crippen LogP contribution is 2.20. The number of carbonyl (C=O) groups excluding carboxylic acids is 1. The lowest BCUT2D eigenvalue weighted by molar-refractivity contribution is -0.143. The second kappa shape index (κ2) is 10.2. The zero-order valence-electron chi connectivity index (χ0n) is 13.0. The van der Waals surface area contributed by atoms with Crippen molar-refractivity contribution in [2.24, 2.45) is 0 Å². The zero-order chi connectivity index (χ0) is 15.5. The van der Waals surface area contributed by atoms with Gasteiger partial charge in [-0.25, -0.2) is 0 Å². The molecule has 4 heteroatoms. The van der Waals surface area contributed by atoms with Crippen molar-refractivity contribution in [3.8, 4) is 5.75 Å². The molecule has 21 heavy (non-hydrogen) atoms. The largest absolute Gasteiger partial charge is 0.494 e. The van der Waals surface area contributed by atoms with Gasteiger partial charge in [0, 0.05) is 6.42 Å². The Kier molecular flexibility index (Phi) is 8.51. The van der Waals surface area contributed by atoms with E-state index in [1.807, 2.05) is 38.1 Å². The third-order valence-corrected chi connectivity index (χ3v) is 3.25. The molecular weight excluding hydrogens is 268 g/mol. The van der Waals surface area contributed by atoms with Gasteiger partial charge < -0.3 is 14.6 Å². The fourth-order valence-electron chi connectivity index (χ4n) is 1.99. The fourth-order valence-corrected chi connectivity index (χ4v) is 1.99. The Labute approximate surface area is 127 Å². The molecule has 0 aliphatic rings. The maximum atomic E-state index is 11.1. The molecule has 0 bridgehead atoms. The number of hydrogen-bond donors (Lipinski definition) is 1. The monoisotopic (exact) mass is 294 g/mol. The van der Waals surface area contributed by atoms with Gasteiger partial charge in [0.05, 0.1) is 19.3 Å². The molecule has 0 aliphatic heterocycles. The molecule has 1 aromatic rings. The Hall–Kier alpha value is -1.55. The number of carbonyl (C=O) groups is 1. The van der Waals surface area contributed by atoms with Crippen LogP contribution < -0.4 is 4.74 Å². The Morgan fingerprint density at radius 2 is 1.86 bits per heavy atom. The molecule has 0 fully saturated rings. The van der Waals surface area contributed by atoms with E-state index in [0.717, 1.165) is 30.6 Å². The molecule has 0 radical (unpaired) electrons. The van der Waals surface area contributed by atoms with Crippen LogP contribution in [0.5, 0.6) is 5.75 Å². The number of unbranched alkanes of at least 4 members (excludes halogenated alkanes) is 2. The third kappa shape index (κ3) is 7.14. The third-order valence-electron chi connectivity index (χ3n) is 3.25. The zero-order valence-corrected chi connectivity index (χ0v) is 13.0. The van der Waals surface area contributed by atoms with E-state index in [2.05, 4.69) is 0 Å². The minimum atomic E-state index is -0.401. The van der Waals surface area contributed by atoms with E-state index in [1.165, 1.54) is 0 Å². The lowest BCUT2D eigenvalue weighted by Gasteiger charge is -2.10. The summed E-state index contributed by atoms with van der Waals surface area (Å²) >= 11 is 0. The second-order valence-corrected chi connectivity index (χ2v) is 4.96. The number of ether oxygens (including phenoxy) is 2. The summed E-state index contributed by atoms with van der Waals surface area (Å²) in [6.45, 7) is 4.85. The molecule has 0 aromatic heterocycles. The van der Waals surface area contributed by atoms with Gasteiger partial charge in [0.15, 0.2) is 0 Å². The molecule has 0 unspecified atom stereocenters. The normalized spacial score (nSPS) is 12.0. The molecule has 1 atom stereocenters. The SMILES string of the molecule is CCOC(=O)CCCCCOc1ccc([C@H](O)CC)cc1. The summed E-state index contributed by atoms with van der Waals surface area (Å²) in [7, 11) is 0. The molecule has 0 saturated carbocycles. The van der Waals surface area contributed by atoms with Gasteiger partial charge in [-0.3, -0.25) is 4.79 Å². The van der Waals surface area contributed by atoms with Crippen molar-refractivity contribution >= 4 is 5.97 Å². The Morgan fingerprint density at radius 3 is 2.48 bits per heavy atom. The van der Waals surface area contributed by atoms with Crippen molar-refractivity contribution in [2.75, 3.05) is 13.2 Å². The summed E-state index contributed by atoms with van der Waals surface area (Å²) in [6.07, 6.45) is 3.49. The van der Waals surface area contributed by atoms with Gasteiger partial charge in [-0.1, -0.05) is 19.1 Å². The van der Waals surface area contributed by atoms with Crippen LogP contribution in [-0.4, -0.2) is 24.3 Å². The molecule has 1 N–H and O–H groups in total. The van der Waals surface area contributed by atoms with Crippen LogP contribution in [0.4, 0.5) is 0 Å². The molecule has 0 amide bonds. The quantitative estimate of drug-likeness (QED) is 0.529. The summed E-state index contributed by atoms with van der Waals surface area (Å²) in [6, 6.07) is 7.55.